The molecule has 102 valence electrons. The highest BCUT2D eigenvalue weighted by Gasteiger charge is 2.18. The fourth-order valence-electron chi connectivity index (χ4n) is 1.67. The molecule has 0 fully saturated rings. The van der Waals surface area contributed by atoms with Crippen LogP contribution in [0.2, 0.25) is 5.02 Å². The molecule has 2 aromatic rings. The molecule has 1 unspecified atom stereocenters. The minimum absolute atomic E-state index is 0.0517. The van der Waals surface area contributed by atoms with Crippen molar-refractivity contribution in [3.63, 3.8) is 0 Å². The Labute approximate surface area is 128 Å². The highest BCUT2D eigenvalue weighted by Crippen LogP contribution is 2.35. The molecular weight excluding hydrogens is 353 g/mol. The average Bonchev–Trinajstić information content (AvgIpc) is 2.78. The molecule has 2 N–H and O–H groups in total. The van der Waals surface area contributed by atoms with Crippen molar-refractivity contribution >= 4 is 38.9 Å². The van der Waals surface area contributed by atoms with Crippen molar-refractivity contribution in [2.45, 2.75) is 13.0 Å². The Kier molecular flexibility index (Phi) is 4.84. The van der Waals surface area contributed by atoms with Crippen LogP contribution >= 0.6 is 38.9 Å². The van der Waals surface area contributed by atoms with Crippen LogP contribution in [0, 0.1) is 12.7 Å². The first-order chi connectivity index (χ1) is 9.02. The third-order valence-corrected chi connectivity index (χ3v) is 4.67. The lowest BCUT2D eigenvalue weighted by Crippen LogP contribution is -2.18. The number of rotatable bonds is 4. The molecular formula is C13H12BrClFNOS. The number of hydrogen-bond acceptors (Lipinski definition) is 3. The van der Waals surface area contributed by atoms with Gasteiger partial charge in [0.15, 0.2) is 0 Å². The van der Waals surface area contributed by atoms with Gasteiger partial charge in [-0.25, -0.2) is 4.39 Å². The van der Waals surface area contributed by atoms with Gasteiger partial charge in [0.1, 0.15) is 17.7 Å². The summed E-state index contributed by atoms with van der Waals surface area (Å²) in [4.78, 5) is 1.05. The van der Waals surface area contributed by atoms with Gasteiger partial charge in [-0.2, -0.15) is 0 Å². The molecule has 0 bridgehead atoms. The maximum atomic E-state index is 13.5. The number of nitrogens with two attached hydrogens (primary N) is 1. The lowest BCUT2D eigenvalue weighted by Gasteiger charge is -2.18. The van der Waals surface area contributed by atoms with E-state index in [4.69, 9.17) is 22.1 Å². The highest BCUT2D eigenvalue weighted by molar-refractivity contribution is 9.10. The Hall–Kier alpha value is -0.620. The summed E-state index contributed by atoms with van der Waals surface area (Å²) in [5, 5.41) is 2.03. The van der Waals surface area contributed by atoms with Crippen molar-refractivity contribution in [3.8, 4) is 5.75 Å². The first-order valence-corrected chi connectivity index (χ1v) is 7.63. The molecule has 1 heterocycles. The van der Waals surface area contributed by atoms with E-state index >= 15 is 0 Å². The monoisotopic (exact) mass is 363 g/mol. The summed E-state index contributed by atoms with van der Waals surface area (Å²) < 4.78 is 19.9. The van der Waals surface area contributed by atoms with Crippen molar-refractivity contribution < 1.29 is 9.13 Å². The summed E-state index contributed by atoms with van der Waals surface area (Å²) >= 11 is 10.6. The molecule has 19 heavy (non-hydrogen) atoms. The van der Waals surface area contributed by atoms with Crippen LogP contribution in [0.1, 0.15) is 16.5 Å². The first-order valence-electron chi connectivity index (χ1n) is 5.58. The third kappa shape index (κ3) is 3.28. The van der Waals surface area contributed by atoms with Gasteiger partial charge in [0.05, 0.1) is 9.50 Å². The fraction of sp³-hybridized carbons (Fsp3) is 0.231. The summed E-state index contributed by atoms with van der Waals surface area (Å²) in [6.45, 7) is 2.31. The van der Waals surface area contributed by atoms with Crippen LogP contribution in [0.15, 0.2) is 28.1 Å². The Morgan fingerprint density at radius 2 is 2.26 bits per heavy atom. The van der Waals surface area contributed by atoms with Gasteiger partial charge in [0.2, 0.25) is 0 Å². The van der Waals surface area contributed by atoms with E-state index in [1.54, 1.807) is 11.3 Å². The maximum Gasteiger partial charge on any atom is 0.145 e. The first kappa shape index (κ1) is 14.8. The Morgan fingerprint density at radius 3 is 2.84 bits per heavy atom. The molecule has 2 rings (SSSR count). The van der Waals surface area contributed by atoms with Crippen LogP contribution in [-0.2, 0) is 0 Å². The number of halogens is 3. The predicted molar refractivity (Wildman–Crippen MR) is 80.6 cm³/mol. The number of benzene rings is 1. The smallest absolute Gasteiger partial charge is 0.145 e. The molecule has 0 saturated heterocycles. The number of ether oxygens (including phenoxy) is 1. The molecule has 0 aliphatic rings. The van der Waals surface area contributed by atoms with E-state index in [9.17, 15) is 4.39 Å². The van der Waals surface area contributed by atoms with Crippen LogP contribution in [0.4, 0.5) is 4.39 Å². The second-order valence-electron chi connectivity index (χ2n) is 4.01. The lowest BCUT2D eigenvalue weighted by molar-refractivity contribution is 0.215. The van der Waals surface area contributed by atoms with E-state index in [0.29, 0.717) is 16.8 Å². The van der Waals surface area contributed by atoms with Crippen molar-refractivity contribution in [3.05, 3.63) is 49.3 Å². The summed E-state index contributed by atoms with van der Waals surface area (Å²) in [5.41, 5.74) is 6.86. The van der Waals surface area contributed by atoms with Gasteiger partial charge in [-0.3, -0.25) is 0 Å². The van der Waals surface area contributed by atoms with E-state index in [1.165, 1.54) is 12.1 Å². The normalized spacial score (nSPS) is 12.5. The Balaban J connectivity index is 2.29. The van der Waals surface area contributed by atoms with Crippen LogP contribution in [-0.4, -0.2) is 6.54 Å². The van der Waals surface area contributed by atoms with Gasteiger partial charge < -0.3 is 10.5 Å². The second kappa shape index (κ2) is 6.22. The number of hydrogen-bond donors (Lipinski definition) is 1. The van der Waals surface area contributed by atoms with E-state index in [2.05, 4.69) is 15.9 Å². The SMILES string of the molecule is Cc1ccsc1C(CN)Oc1cc(F)c(Cl)cc1Br. The summed E-state index contributed by atoms with van der Waals surface area (Å²) in [5.74, 6) is -0.122. The number of thiophene rings is 1. The zero-order valence-electron chi connectivity index (χ0n) is 10.1. The van der Waals surface area contributed by atoms with Gasteiger partial charge >= 0.3 is 0 Å². The molecule has 0 amide bonds. The minimum Gasteiger partial charge on any atom is -0.482 e. The van der Waals surface area contributed by atoms with Gasteiger partial charge in [0, 0.05) is 17.5 Å². The zero-order valence-corrected chi connectivity index (χ0v) is 13.3. The van der Waals surface area contributed by atoms with Gasteiger partial charge in [-0.1, -0.05) is 11.6 Å². The van der Waals surface area contributed by atoms with E-state index in [0.717, 1.165) is 10.4 Å². The third-order valence-electron chi connectivity index (χ3n) is 2.65. The molecule has 1 aromatic heterocycles. The minimum atomic E-state index is -0.515. The molecule has 0 radical (unpaired) electrons. The van der Waals surface area contributed by atoms with E-state index in [1.807, 2.05) is 18.4 Å². The standard InChI is InChI=1S/C13H12BrClFNOS/c1-7-2-3-19-13(7)12(6-17)18-11-5-10(16)9(15)4-8(11)14/h2-5,12H,6,17H2,1H3. The molecule has 6 heteroatoms. The molecule has 0 saturated carbocycles. The van der Waals surface area contributed by atoms with E-state index < -0.39 is 5.82 Å². The van der Waals surface area contributed by atoms with Crippen molar-refractivity contribution in [1.82, 2.24) is 0 Å². The second-order valence-corrected chi connectivity index (χ2v) is 6.22. The van der Waals surface area contributed by atoms with Crippen LogP contribution in [0.3, 0.4) is 0 Å². The summed E-state index contributed by atoms with van der Waals surface area (Å²) in [7, 11) is 0. The maximum absolute atomic E-state index is 13.5. The van der Waals surface area contributed by atoms with Crippen molar-refractivity contribution in [1.29, 1.82) is 0 Å². The van der Waals surface area contributed by atoms with Crippen LogP contribution in [0.5, 0.6) is 5.75 Å². The topological polar surface area (TPSA) is 35.2 Å². The molecule has 1 aromatic carbocycles. The van der Waals surface area contributed by atoms with Gasteiger partial charge in [0.25, 0.3) is 0 Å². The molecule has 0 aliphatic carbocycles. The Bertz CT molecular complexity index is 590. The molecule has 2 nitrogen and oxygen atoms in total. The predicted octanol–water partition coefficient (Wildman–Crippen LogP) is 4.69. The van der Waals surface area contributed by atoms with Gasteiger partial charge in [-0.05, 0) is 45.9 Å². The van der Waals surface area contributed by atoms with Crippen molar-refractivity contribution in [2.24, 2.45) is 5.73 Å². The van der Waals surface area contributed by atoms with Crippen LogP contribution < -0.4 is 10.5 Å². The fourth-order valence-corrected chi connectivity index (χ4v) is 3.37. The van der Waals surface area contributed by atoms with Crippen molar-refractivity contribution in [2.75, 3.05) is 6.54 Å². The quantitative estimate of drug-likeness (QED) is 0.799. The van der Waals surface area contributed by atoms with Crippen LogP contribution in [0.25, 0.3) is 0 Å². The Morgan fingerprint density at radius 1 is 1.53 bits per heavy atom. The highest BCUT2D eigenvalue weighted by atomic mass is 79.9. The molecule has 1 atom stereocenters. The average molecular weight is 365 g/mol. The lowest BCUT2D eigenvalue weighted by atomic mass is 10.2. The molecule has 0 aliphatic heterocycles. The summed E-state index contributed by atoms with van der Waals surface area (Å²) in [6, 6.07) is 4.74. The largest absolute Gasteiger partial charge is 0.482 e. The zero-order chi connectivity index (χ0) is 14.0. The summed E-state index contributed by atoms with van der Waals surface area (Å²) in [6.07, 6.45) is -0.295. The van der Waals surface area contributed by atoms with Gasteiger partial charge in [-0.15, -0.1) is 11.3 Å². The molecule has 0 spiro atoms. The van der Waals surface area contributed by atoms with E-state index in [-0.39, 0.29) is 11.1 Å². The number of aryl methyl sites for hydroxylation is 1.